The zero-order chi connectivity index (χ0) is 16.4. The number of hydrogen-bond donors (Lipinski definition) is 2. The summed E-state index contributed by atoms with van der Waals surface area (Å²) in [5, 5.41) is 11.6. The van der Waals surface area contributed by atoms with Crippen molar-refractivity contribution in [3.05, 3.63) is 51.8 Å². The molecule has 1 amide bonds. The third-order valence-corrected chi connectivity index (χ3v) is 4.65. The van der Waals surface area contributed by atoms with E-state index in [0.717, 1.165) is 36.5 Å². The van der Waals surface area contributed by atoms with E-state index in [2.05, 4.69) is 15.7 Å². The third kappa shape index (κ3) is 3.41. The average molecular weight is 333 g/mol. The van der Waals surface area contributed by atoms with Gasteiger partial charge in [0, 0.05) is 23.3 Å². The Kier molecular flexibility index (Phi) is 4.68. The van der Waals surface area contributed by atoms with Crippen LogP contribution in [0.15, 0.2) is 24.3 Å². The van der Waals surface area contributed by atoms with Gasteiger partial charge < -0.3 is 10.6 Å². The summed E-state index contributed by atoms with van der Waals surface area (Å²) in [6, 6.07) is 7.90. The number of nitrogens with zero attached hydrogens (tertiary/aromatic N) is 2. The van der Waals surface area contributed by atoms with Gasteiger partial charge in [0.05, 0.1) is 17.8 Å². The van der Waals surface area contributed by atoms with Crippen molar-refractivity contribution >= 4 is 17.5 Å². The third-order valence-electron chi connectivity index (χ3n) is 4.28. The van der Waals surface area contributed by atoms with Gasteiger partial charge in [-0.3, -0.25) is 9.48 Å². The first-order valence-corrected chi connectivity index (χ1v) is 8.23. The maximum absolute atomic E-state index is 12.6. The maximum atomic E-state index is 12.6. The Morgan fingerprint density at radius 2 is 2.22 bits per heavy atom. The number of benzene rings is 1. The molecule has 1 aromatic heterocycles. The number of amides is 1. The molecule has 0 saturated carbocycles. The van der Waals surface area contributed by atoms with Crippen molar-refractivity contribution in [1.29, 1.82) is 0 Å². The molecule has 1 unspecified atom stereocenters. The lowest BCUT2D eigenvalue weighted by Crippen LogP contribution is -2.36. The van der Waals surface area contributed by atoms with E-state index in [-0.39, 0.29) is 11.9 Å². The molecule has 1 aliphatic heterocycles. The molecule has 122 valence electrons. The Balaban J connectivity index is 1.81. The fraction of sp³-hybridized carbons (Fsp3) is 0.412. The van der Waals surface area contributed by atoms with E-state index >= 15 is 0 Å². The van der Waals surface area contributed by atoms with Gasteiger partial charge in [0.1, 0.15) is 0 Å². The summed E-state index contributed by atoms with van der Waals surface area (Å²) in [5.41, 5.74) is 3.28. The van der Waals surface area contributed by atoms with Crippen molar-refractivity contribution in [3.8, 4) is 0 Å². The molecule has 5 nitrogen and oxygen atoms in total. The van der Waals surface area contributed by atoms with E-state index in [1.54, 1.807) is 0 Å². The molecule has 3 rings (SSSR count). The normalized spacial score (nSPS) is 17.4. The fourth-order valence-electron chi connectivity index (χ4n) is 3.00. The van der Waals surface area contributed by atoms with Gasteiger partial charge in [-0.2, -0.15) is 5.10 Å². The number of hydrogen-bond acceptors (Lipinski definition) is 3. The summed E-state index contributed by atoms with van der Waals surface area (Å²) < 4.78 is 1.85. The smallest absolute Gasteiger partial charge is 0.255 e. The molecule has 23 heavy (non-hydrogen) atoms. The van der Waals surface area contributed by atoms with Crippen LogP contribution >= 0.6 is 11.6 Å². The molecule has 0 aliphatic carbocycles. The molecule has 1 saturated heterocycles. The largest absolute Gasteiger partial charge is 0.348 e. The SMILES string of the molecule is Cc1nn(Cc2ccccc2Cl)c(C)c1C(=O)NC1CCNC1. The quantitative estimate of drug-likeness (QED) is 0.903. The second-order valence-corrected chi connectivity index (χ2v) is 6.37. The molecule has 0 bridgehead atoms. The van der Waals surface area contributed by atoms with E-state index in [0.29, 0.717) is 17.1 Å². The molecule has 1 atom stereocenters. The van der Waals surface area contributed by atoms with Crippen molar-refractivity contribution in [1.82, 2.24) is 20.4 Å². The fourth-order valence-corrected chi connectivity index (χ4v) is 3.20. The molecule has 1 fully saturated rings. The number of rotatable bonds is 4. The van der Waals surface area contributed by atoms with E-state index in [1.807, 2.05) is 42.8 Å². The molecule has 0 spiro atoms. The number of aryl methyl sites for hydroxylation is 1. The Morgan fingerprint density at radius 3 is 2.91 bits per heavy atom. The van der Waals surface area contributed by atoms with Gasteiger partial charge >= 0.3 is 0 Å². The summed E-state index contributed by atoms with van der Waals surface area (Å²) in [7, 11) is 0. The molecule has 2 aromatic rings. The van der Waals surface area contributed by atoms with Crippen molar-refractivity contribution < 1.29 is 4.79 Å². The molecule has 2 heterocycles. The van der Waals surface area contributed by atoms with E-state index in [9.17, 15) is 4.79 Å². The van der Waals surface area contributed by atoms with Crippen LogP contribution < -0.4 is 10.6 Å². The molecule has 6 heteroatoms. The Morgan fingerprint density at radius 1 is 1.43 bits per heavy atom. The second-order valence-electron chi connectivity index (χ2n) is 5.96. The Labute approximate surface area is 141 Å². The average Bonchev–Trinajstić information content (AvgIpc) is 3.10. The summed E-state index contributed by atoms with van der Waals surface area (Å²) >= 11 is 6.22. The van der Waals surface area contributed by atoms with Crippen LogP contribution in [0.3, 0.4) is 0 Å². The lowest BCUT2D eigenvalue weighted by Gasteiger charge is -2.12. The minimum absolute atomic E-state index is 0.0425. The Bertz CT molecular complexity index is 719. The van der Waals surface area contributed by atoms with Gasteiger partial charge in [-0.25, -0.2) is 0 Å². The van der Waals surface area contributed by atoms with Gasteiger partial charge in [-0.05, 0) is 38.4 Å². The molecular weight excluding hydrogens is 312 g/mol. The van der Waals surface area contributed by atoms with Gasteiger partial charge in [-0.1, -0.05) is 29.8 Å². The van der Waals surface area contributed by atoms with Crippen LogP contribution in [0.25, 0.3) is 0 Å². The number of aromatic nitrogens is 2. The van der Waals surface area contributed by atoms with E-state index in [4.69, 9.17) is 11.6 Å². The van der Waals surface area contributed by atoms with Crippen molar-refractivity contribution in [2.75, 3.05) is 13.1 Å². The van der Waals surface area contributed by atoms with Gasteiger partial charge in [-0.15, -0.1) is 0 Å². The highest BCUT2D eigenvalue weighted by Crippen LogP contribution is 2.19. The van der Waals surface area contributed by atoms with E-state index < -0.39 is 0 Å². The minimum atomic E-state index is -0.0425. The second kappa shape index (κ2) is 6.72. The van der Waals surface area contributed by atoms with Crippen LogP contribution in [0.1, 0.15) is 33.7 Å². The first kappa shape index (κ1) is 16.0. The zero-order valence-corrected chi connectivity index (χ0v) is 14.2. The lowest BCUT2D eigenvalue weighted by molar-refractivity contribution is 0.0938. The van der Waals surface area contributed by atoms with Gasteiger partial charge in [0.2, 0.25) is 0 Å². The summed E-state index contributed by atoms with van der Waals surface area (Å²) in [6.07, 6.45) is 0.970. The first-order chi connectivity index (χ1) is 11.1. The van der Waals surface area contributed by atoms with Crippen LogP contribution in [0.5, 0.6) is 0 Å². The molecule has 1 aliphatic rings. The maximum Gasteiger partial charge on any atom is 0.255 e. The number of halogens is 1. The summed E-state index contributed by atoms with van der Waals surface area (Å²) in [4.78, 5) is 12.6. The van der Waals surface area contributed by atoms with Crippen molar-refractivity contribution in [3.63, 3.8) is 0 Å². The zero-order valence-electron chi connectivity index (χ0n) is 13.4. The predicted octanol–water partition coefficient (Wildman–Crippen LogP) is 2.29. The highest BCUT2D eigenvalue weighted by Gasteiger charge is 2.23. The standard InChI is InChI=1S/C17H21ClN4O/c1-11-16(17(23)20-14-7-8-19-9-14)12(2)22(21-11)10-13-5-3-4-6-15(13)18/h3-6,14,19H,7-10H2,1-2H3,(H,20,23). The van der Waals surface area contributed by atoms with E-state index in [1.165, 1.54) is 0 Å². The lowest BCUT2D eigenvalue weighted by atomic mass is 10.1. The summed E-state index contributed by atoms with van der Waals surface area (Å²) in [5.74, 6) is -0.0425. The monoisotopic (exact) mass is 332 g/mol. The number of carbonyl (C=O) groups excluding carboxylic acids is 1. The minimum Gasteiger partial charge on any atom is -0.348 e. The van der Waals surface area contributed by atoms with Crippen LogP contribution in [-0.4, -0.2) is 34.8 Å². The number of carbonyl (C=O) groups is 1. The van der Waals surface area contributed by atoms with Crippen molar-refractivity contribution in [2.24, 2.45) is 0 Å². The molecule has 1 aromatic carbocycles. The Hall–Kier alpha value is -1.85. The van der Waals surface area contributed by atoms with Crippen molar-refractivity contribution in [2.45, 2.75) is 32.9 Å². The predicted molar refractivity (Wildman–Crippen MR) is 91.0 cm³/mol. The van der Waals surface area contributed by atoms with Gasteiger partial charge in [0.25, 0.3) is 5.91 Å². The van der Waals surface area contributed by atoms with Gasteiger partial charge in [0.15, 0.2) is 0 Å². The van der Waals surface area contributed by atoms with Crippen LogP contribution in [0, 0.1) is 13.8 Å². The molecule has 0 radical (unpaired) electrons. The number of nitrogens with one attached hydrogen (secondary N) is 2. The van der Waals surface area contributed by atoms with Crippen LogP contribution in [-0.2, 0) is 6.54 Å². The van der Waals surface area contributed by atoms with Crippen LogP contribution in [0.2, 0.25) is 5.02 Å². The highest BCUT2D eigenvalue weighted by atomic mass is 35.5. The van der Waals surface area contributed by atoms with Crippen LogP contribution in [0.4, 0.5) is 0 Å². The highest BCUT2D eigenvalue weighted by molar-refractivity contribution is 6.31. The topological polar surface area (TPSA) is 59.0 Å². The molecular formula is C17H21ClN4O. The molecule has 2 N–H and O–H groups in total. The first-order valence-electron chi connectivity index (χ1n) is 7.85. The summed E-state index contributed by atoms with van der Waals surface area (Å²) in [6.45, 7) is 6.15.